The Balaban J connectivity index is 1.85. The molecule has 4 aromatic carbocycles. The van der Waals surface area contributed by atoms with Gasteiger partial charge in [0, 0.05) is 38.9 Å². The molecular formula is C52H72O4. The Morgan fingerprint density at radius 1 is 0.357 bits per heavy atom. The summed E-state index contributed by atoms with van der Waals surface area (Å²) in [4.78, 5) is 0. The summed E-state index contributed by atoms with van der Waals surface area (Å²) in [6.07, 6.45) is 3.10. The third kappa shape index (κ3) is 11.3. The SMILES string of the molecule is CCOCCOc1c2cc(C(C)(C)C)cc1Cc1cc(cc(C(C)(C)C)c1)Cc1cc(C(C)(C)C)cc(c1OCCOCC)Cc1cc(cc(C(C)(C)C)c1)C2. The van der Waals surface area contributed by atoms with E-state index in [1.54, 1.807) is 0 Å². The number of hydrogen-bond acceptors (Lipinski definition) is 4. The van der Waals surface area contributed by atoms with Crippen LogP contribution in [0.1, 0.15) is 164 Å². The molecule has 0 spiro atoms. The highest BCUT2D eigenvalue weighted by Gasteiger charge is 2.26. The zero-order chi connectivity index (χ0) is 41.1. The molecule has 0 atom stereocenters. The minimum absolute atomic E-state index is 0.0242. The molecule has 0 amide bonds. The van der Waals surface area contributed by atoms with Crippen molar-refractivity contribution in [1.82, 2.24) is 0 Å². The van der Waals surface area contributed by atoms with Crippen LogP contribution in [-0.2, 0) is 56.8 Å². The molecule has 304 valence electrons. The summed E-state index contributed by atoms with van der Waals surface area (Å²) in [5, 5.41) is 0. The Morgan fingerprint density at radius 3 is 0.839 bits per heavy atom. The molecule has 5 rings (SSSR count). The van der Waals surface area contributed by atoms with Gasteiger partial charge < -0.3 is 18.9 Å². The van der Waals surface area contributed by atoms with E-state index in [9.17, 15) is 0 Å². The Kier molecular flexibility index (Phi) is 13.6. The van der Waals surface area contributed by atoms with Crippen LogP contribution in [0.4, 0.5) is 0 Å². The van der Waals surface area contributed by atoms with E-state index in [0.717, 1.165) is 37.2 Å². The largest absolute Gasteiger partial charge is 0.491 e. The number of hydrogen-bond donors (Lipinski definition) is 0. The standard InChI is InChI=1S/C52H72O4/c1-15-53-17-19-55-47-39-23-35-21-37(29-43(27-35)49(3,4)5)25-41-33-46(52(12,13)14)34-42(48(41)56-20-18-54-16-2)26-38-22-36(28-44(30-38)50(6,7)8)24-40(47)32-45(31-39)51(9,10)11/h21-22,27-34H,15-20,23-26H2,1-14H3. The second-order valence-corrected chi connectivity index (χ2v) is 20.1. The van der Waals surface area contributed by atoms with Crippen LogP contribution in [0, 0.1) is 0 Å². The fraction of sp³-hybridized carbons (Fsp3) is 0.538. The third-order valence-corrected chi connectivity index (χ3v) is 11.0. The first-order chi connectivity index (χ1) is 26.1. The highest BCUT2D eigenvalue weighted by Crippen LogP contribution is 2.40. The summed E-state index contributed by atoms with van der Waals surface area (Å²) in [7, 11) is 0. The van der Waals surface area contributed by atoms with E-state index in [1.807, 2.05) is 13.8 Å². The minimum atomic E-state index is -0.0307. The molecule has 0 radical (unpaired) electrons. The van der Waals surface area contributed by atoms with Crippen molar-refractivity contribution in [2.24, 2.45) is 0 Å². The summed E-state index contributed by atoms with van der Waals surface area (Å²) in [5.41, 5.74) is 15.4. The van der Waals surface area contributed by atoms with Crippen LogP contribution in [0.2, 0.25) is 0 Å². The lowest BCUT2D eigenvalue weighted by atomic mass is 9.79. The zero-order valence-electron chi connectivity index (χ0n) is 37.5. The number of ether oxygens (including phenoxy) is 4. The lowest BCUT2D eigenvalue weighted by Gasteiger charge is -2.27. The number of benzene rings is 4. The Morgan fingerprint density at radius 2 is 0.607 bits per heavy atom. The van der Waals surface area contributed by atoms with Crippen LogP contribution in [0.15, 0.2) is 60.7 Å². The van der Waals surface area contributed by atoms with Crippen LogP contribution in [0.25, 0.3) is 0 Å². The fourth-order valence-electron chi connectivity index (χ4n) is 7.64. The van der Waals surface area contributed by atoms with Crippen molar-refractivity contribution >= 4 is 0 Å². The van der Waals surface area contributed by atoms with Crippen LogP contribution < -0.4 is 9.47 Å². The highest BCUT2D eigenvalue weighted by molar-refractivity contribution is 5.55. The first-order valence-electron chi connectivity index (χ1n) is 21.2. The van der Waals surface area contributed by atoms with Gasteiger partial charge in [-0.3, -0.25) is 0 Å². The lowest BCUT2D eigenvalue weighted by Crippen LogP contribution is -2.17. The predicted molar refractivity (Wildman–Crippen MR) is 236 cm³/mol. The minimum Gasteiger partial charge on any atom is -0.491 e. The summed E-state index contributed by atoms with van der Waals surface area (Å²) in [5.74, 6) is 2.00. The van der Waals surface area contributed by atoms with Crippen LogP contribution in [0.3, 0.4) is 0 Å². The zero-order valence-corrected chi connectivity index (χ0v) is 37.5. The van der Waals surface area contributed by atoms with Gasteiger partial charge in [-0.1, -0.05) is 144 Å². The normalized spacial score (nSPS) is 13.8. The van der Waals surface area contributed by atoms with Gasteiger partial charge in [0.25, 0.3) is 0 Å². The molecule has 0 saturated carbocycles. The Hall–Kier alpha value is -3.60. The second-order valence-electron chi connectivity index (χ2n) is 20.1. The lowest BCUT2D eigenvalue weighted by molar-refractivity contribution is 0.109. The van der Waals surface area contributed by atoms with E-state index >= 15 is 0 Å². The smallest absolute Gasteiger partial charge is 0.126 e. The van der Waals surface area contributed by atoms with Crippen molar-refractivity contribution in [3.8, 4) is 11.5 Å². The molecule has 1 aliphatic carbocycles. The summed E-state index contributed by atoms with van der Waals surface area (Å²) in [6.45, 7) is 35.4. The van der Waals surface area contributed by atoms with Crippen molar-refractivity contribution in [3.05, 3.63) is 127 Å². The van der Waals surface area contributed by atoms with Crippen molar-refractivity contribution in [2.75, 3.05) is 39.6 Å². The molecular weight excluding hydrogens is 689 g/mol. The quantitative estimate of drug-likeness (QED) is 0.133. The van der Waals surface area contributed by atoms with E-state index in [4.69, 9.17) is 18.9 Å². The van der Waals surface area contributed by atoms with Gasteiger partial charge in [0.2, 0.25) is 0 Å². The maximum absolute atomic E-state index is 6.82. The highest BCUT2D eigenvalue weighted by atomic mass is 16.5. The van der Waals surface area contributed by atoms with Gasteiger partial charge in [-0.05, 0) is 102 Å². The van der Waals surface area contributed by atoms with Gasteiger partial charge in [0.1, 0.15) is 24.7 Å². The van der Waals surface area contributed by atoms with Crippen molar-refractivity contribution in [3.63, 3.8) is 0 Å². The Bertz CT molecular complexity index is 1720. The number of rotatable bonds is 10. The van der Waals surface area contributed by atoms with Gasteiger partial charge >= 0.3 is 0 Å². The molecule has 0 unspecified atom stereocenters. The molecule has 0 aliphatic heterocycles. The molecule has 0 saturated heterocycles. The van der Waals surface area contributed by atoms with Gasteiger partial charge in [-0.2, -0.15) is 0 Å². The summed E-state index contributed by atoms with van der Waals surface area (Å²) in [6, 6.07) is 24.2. The van der Waals surface area contributed by atoms with Crippen molar-refractivity contribution in [1.29, 1.82) is 0 Å². The van der Waals surface area contributed by atoms with Crippen molar-refractivity contribution < 1.29 is 18.9 Å². The maximum atomic E-state index is 6.82. The first kappa shape index (κ1) is 43.5. The molecule has 1 aliphatic rings. The Labute approximate surface area is 340 Å². The van der Waals surface area contributed by atoms with E-state index in [1.165, 1.54) is 66.8 Å². The number of fused-ring (bicyclic) bond motifs is 8. The molecule has 0 N–H and O–H groups in total. The van der Waals surface area contributed by atoms with Gasteiger partial charge in [0.05, 0.1) is 13.2 Å². The average molecular weight is 761 g/mol. The maximum Gasteiger partial charge on any atom is 0.126 e. The van der Waals surface area contributed by atoms with Gasteiger partial charge in [0.15, 0.2) is 0 Å². The summed E-state index contributed by atoms with van der Waals surface area (Å²) >= 11 is 0. The molecule has 56 heavy (non-hydrogen) atoms. The van der Waals surface area contributed by atoms with E-state index < -0.39 is 0 Å². The first-order valence-corrected chi connectivity index (χ1v) is 21.2. The summed E-state index contributed by atoms with van der Waals surface area (Å²) < 4.78 is 25.2. The molecule has 0 fully saturated rings. The predicted octanol–water partition coefficient (Wildman–Crippen LogP) is 12.4. The fourth-order valence-corrected chi connectivity index (χ4v) is 7.64. The second kappa shape index (κ2) is 17.5. The van der Waals surface area contributed by atoms with Crippen LogP contribution in [-0.4, -0.2) is 39.6 Å². The molecule has 4 aromatic rings. The molecule has 4 nitrogen and oxygen atoms in total. The van der Waals surface area contributed by atoms with E-state index in [-0.39, 0.29) is 21.7 Å². The van der Waals surface area contributed by atoms with E-state index in [2.05, 4.69) is 144 Å². The average Bonchev–Trinajstić information content (AvgIpc) is 3.08. The molecule has 0 heterocycles. The third-order valence-electron chi connectivity index (χ3n) is 11.0. The monoisotopic (exact) mass is 761 g/mol. The van der Waals surface area contributed by atoms with E-state index in [0.29, 0.717) is 39.6 Å². The van der Waals surface area contributed by atoms with Crippen LogP contribution >= 0.6 is 0 Å². The topological polar surface area (TPSA) is 36.9 Å². The molecule has 8 bridgehead atoms. The molecule has 4 heteroatoms. The van der Waals surface area contributed by atoms with Crippen molar-refractivity contribution in [2.45, 2.75) is 144 Å². The van der Waals surface area contributed by atoms with Gasteiger partial charge in [-0.15, -0.1) is 0 Å². The molecule has 0 aromatic heterocycles. The van der Waals surface area contributed by atoms with Gasteiger partial charge in [-0.25, -0.2) is 0 Å². The van der Waals surface area contributed by atoms with Crippen LogP contribution in [0.5, 0.6) is 11.5 Å².